The van der Waals surface area contributed by atoms with E-state index < -0.39 is 6.04 Å². The van der Waals surface area contributed by atoms with Crippen LogP contribution in [0.1, 0.15) is 86.0 Å². The van der Waals surface area contributed by atoms with E-state index >= 15 is 0 Å². The van der Waals surface area contributed by atoms with Crippen molar-refractivity contribution in [1.29, 1.82) is 0 Å². The lowest BCUT2D eigenvalue weighted by Crippen LogP contribution is -2.55. The first-order chi connectivity index (χ1) is 16.5. The molecule has 5 rings (SSSR count). The average Bonchev–Trinajstić information content (AvgIpc) is 3.29. The molecule has 0 radical (unpaired) electrons. The van der Waals surface area contributed by atoms with Crippen molar-refractivity contribution in [3.8, 4) is 0 Å². The molecule has 1 N–H and O–H groups in total. The van der Waals surface area contributed by atoms with Gasteiger partial charge in [0.1, 0.15) is 6.04 Å². The van der Waals surface area contributed by atoms with Crippen LogP contribution in [0.5, 0.6) is 0 Å². The Morgan fingerprint density at radius 1 is 1.11 bits per heavy atom. The molecular weight excluding hydrogens is 434 g/mol. The topological polar surface area (TPSA) is 52.7 Å². The highest BCUT2D eigenvalue weighted by Gasteiger charge is 2.64. The van der Waals surface area contributed by atoms with Crippen molar-refractivity contribution in [3.63, 3.8) is 0 Å². The quantitative estimate of drug-likeness (QED) is 0.581. The van der Waals surface area contributed by atoms with Gasteiger partial charge in [-0.25, -0.2) is 0 Å². The maximum atomic E-state index is 13.4. The fraction of sp³-hybridized carbons (Fsp3) is 0.867. The Morgan fingerprint density at radius 3 is 2.51 bits per heavy atom. The summed E-state index contributed by atoms with van der Waals surface area (Å²) >= 11 is 0. The molecule has 5 heteroatoms. The van der Waals surface area contributed by atoms with E-state index in [0.717, 1.165) is 42.6 Å². The molecule has 1 spiro atoms. The minimum absolute atomic E-state index is 0.0640. The molecular formula is C30H49N3O2. The van der Waals surface area contributed by atoms with Gasteiger partial charge in [-0.15, -0.1) is 0 Å². The first-order valence-corrected chi connectivity index (χ1v) is 14.4. The molecule has 3 saturated carbocycles. The average molecular weight is 484 g/mol. The molecule has 0 aromatic rings. The zero-order chi connectivity index (χ0) is 25.3. The van der Waals surface area contributed by atoms with Crippen LogP contribution in [0.3, 0.4) is 0 Å². The number of carbonyl (C=O) groups excluding carboxylic acids is 2. The highest BCUT2D eigenvalue weighted by Crippen LogP contribution is 2.68. The molecule has 0 aromatic carbocycles. The number of carbonyl (C=O) groups is 2. The summed E-state index contributed by atoms with van der Waals surface area (Å²) in [6, 6.07) is 0.549. The minimum Gasteiger partial charge on any atom is -0.344 e. The van der Waals surface area contributed by atoms with Crippen LogP contribution in [0.15, 0.2) is 11.6 Å². The molecule has 0 aromatic heterocycles. The lowest BCUT2D eigenvalue weighted by atomic mass is 9.47. The second-order valence-corrected chi connectivity index (χ2v) is 13.6. The van der Waals surface area contributed by atoms with E-state index in [1.807, 2.05) is 25.8 Å². The smallest absolute Gasteiger partial charge is 0.245 e. The maximum Gasteiger partial charge on any atom is 0.245 e. The Balaban J connectivity index is 1.33. The summed E-state index contributed by atoms with van der Waals surface area (Å²) in [6.07, 6.45) is 12.8. The van der Waals surface area contributed by atoms with Crippen LogP contribution in [0.4, 0.5) is 0 Å². The molecule has 35 heavy (non-hydrogen) atoms. The number of rotatable bonds is 4. The van der Waals surface area contributed by atoms with E-state index in [-0.39, 0.29) is 23.8 Å². The number of amides is 2. The van der Waals surface area contributed by atoms with Crippen LogP contribution in [0.25, 0.3) is 0 Å². The number of nitrogens with zero attached hydrogens (tertiary/aromatic N) is 2. The number of nitrogens with one attached hydrogen (secondary N) is 1. The van der Waals surface area contributed by atoms with E-state index in [1.54, 1.807) is 5.57 Å². The number of likely N-dealkylation sites (N-methyl/N-ethyl adjacent to an activating group) is 1. The maximum absolute atomic E-state index is 13.4. The number of allylic oxidation sites excluding steroid dienone is 1. The Bertz CT molecular complexity index is 898. The Hall–Kier alpha value is -1.36. The van der Waals surface area contributed by atoms with Gasteiger partial charge in [-0.3, -0.25) is 9.59 Å². The van der Waals surface area contributed by atoms with E-state index in [1.165, 1.54) is 52.0 Å². The molecule has 196 valence electrons. The van der Waals surface area contributed by atoms with Gasteiger partial charge in [0.25, 0.3) is 0 Å². The van der Waals surface area contributed by atoms with Crippen LogP contribution in [-0.4, -0.2) is 60.4 Å². The molecule has 1 unspecified atom stereocenters. The van der Waals surface area contributed by atoms with E-state index in [4.69, 9.17) is 0 Å². The lowest BCUT2D eigenvalue weighted by molar-refractivity contribution is -0.138. The third-order valence-corrected chi connectivity index (χ3v) is 11.9. The number of hydrogen-bond acceptors (Lipinski definition) is 3. The number of likely N-dealkylation sites (tertiary alicyclic amines) is 1. The van der Waals surface area contributed by atoms with Crippen LogP contribution < -0.4 is 5.32 Å². The monoisotopic (exact) mass is 483 g/mol. The predicted molar refractivity (Wildman–Crippen MR) is 141 cm³/mol. The van der Waals surface area contributed by atoms with Crippen LogP contribution in [0, 0.1) is 40.4 Å². The summed E-state index contributed by atoms with van der Waals surface area (Å²) in [5, 5.41) is 2.90. The minimum atomic E-state index is -0.438. The van der Waals surface area contributed by atoms with Gasteiger partial charge in [-0.1, -0.05) is 32.4 Å². The van der Waals surface area contributed by atoms with Crippen molar-refractivity contribution in [1.82, 2.24) is 15.1 Å². The third-order valence-electron chi connectivity index (χ3n) is 11.9. The summed E-state index contributed by atoms with van der Waals surface area (Å²) in [4.78, 5) is 29.7. The van der Waals surface area contributed by atoms with E-state index in [2.05, 4.69) is 37.2 Å². The van der Waals surface area contributed by atoms with Crippen molar-refractivity contribution in [2.45, 2.75) is 104 Å². The highest BCUT2D eigenvalue weighted by molar-refractivity contribution is 5.87. The van der Waals surface area contributed by atoms with Gasteiger partial charge in [-0.2, -0.15) is 0 Å². The normalized spacial score (nSPS) is 43.5. The fourth-order valence-corrected chi connectivity index (χ4v) is 9.91. The fourth-order valence-electron chi connectivity index (χ4n) is 9.91. The molecule has 4 fully saturated rings. The largest absolute Gasteiger partial charge is 0.344 e. The molecule has 0 bridgehead atoms. The first kappa shape index (κ1) is 25.3. The SMILES string of the molecule is CC(=O)N[C@H](C(=O)N(C)[C@H]1CC[C@@]2(C)C(=CC[C@@H]3C2CC[C@]24CN(C)[C@@H](C)[C@H]2CC[C@@H]34)C1)C(C)C. The molecule has 4 aliphatic carbocycles. The third kappa shape index (κ3) is 3.81. The van der Waals surface area contributed by atoms with Gasteiger partial charge in [0.2, 0.25) is 11.8 Å². The summed E-state index contributed by atoms with van der Waals surface area (Å²) in [7, 11) is 4.32. The van der Waals surface area contributed by atoms with Gasteiger partial charge in [0.05, 0.1) is 0 Å². The van der Waals surface area contributed by atoms with Gasteiger partial charge in [0.15, 0.2) is 0 Å². The van der Waals surface area contributed by atoms with Crippen LogP contribution in [-0.2, 0) is 9.59 Å². The summed E-state index contributed by atoms with van der Waals surface area (Å²) in [6.45, 7) is 11.9. The van der Waals surface area contributed by atoms with Gasteiger partial charge in [0, 0.05) is 32.6 Å². The molecule has 5 nitrogen and oxygen atoms in total. The number of fused-ring (bicyclic) bond motifs is 4. The summed E-state index contributed by atoms with van der Waals surface area (Å²) in [5.41, 5.74) is 2.50. The molecule has 5 aliphatic rings. The van der Waals surface area contributed by atoms with Crippen molar-refractivity contribution in [3.05, 3.63) is 11.6 Å². The van der Waals surface area contributed by atoms with Crippen molar-refractivity contribution >= 4 is 11.8 Å². The Labute approximate surface area is 213 Å². The van der Waals surface area contributed by atoms with Gasteiger partial charge < -0.3 is 15.1 Å². The van der Waals surface area contributed by atoms with Crippen molar-refractivity contribution in [2.75, 3.05) is 20.6 Å². The van der Waals surface area contributed by atoms with Crippen LogP contribution in [0.2, 0.25) is 0 Å². The zero-order valence-electron chi connectivity index (χ0n) is 23.3. The standard InChI is InChI=1S/C30H49N3O2/c1-18(2)27(31-20(4)34)28(35)33(7)22-12-14-29(5)21(16-22)8-9-23-25(29)13-15-30-17-32(6)19(3)24(30)10-11-26(23)30/h8,18-19,22-27H,9-17H2,1-7H3,(H,31,34)/t19-,22-,23+,24+,25?,26-,27-,29-,30-/m0/s1. The first-order valence-electron chi connectivity index (χ1n) is 14.4. The Morgan fingerprint density at radius 2 is 1.83 bits per heavy atom. The number of hydrogen-bond donors (Lipinski definition) is 1. The van der Waals surface area contributed by atoms with Gasteiger partial charge >= 0.3 is 0 Å². The lowest BCUT2D eigenvalue weighted by Gasteiger charge is -2.58. The predicted octanol–water partition coefficient (Wildman–Crippen LogP) is 4.87. The second-order valence-electron chi connectivity index (χ2n) is 13.6. The molecule has 1 saturated heterocycles. The zero-order valence-corrected chi connectivity index (χ0v) is 23.3. The molecule has 2 amide bonds. The van der Waals surface area contributed by atoms with Gasteiger partial charge in [-0.05, 0) is 106 Å². The van der Waals surface area contributed by atoms with E-state index in [9.17, 15) is 9.59 Å². The summed E-state index contributed by atoms with van der Waals surface area (Å²) in [5.74, 6) is 3.48. The second kappa shape index (κ2) is 8.89. The highest BCUT2D eigenvalue weighted by atomic mass is 16.2. The molecule has 1 aliphatic heterocycles. The Kier molecular flexibility index (Phi) is 6.42. The van der Waals surface area contributed by atoms with E-state index in [0.29, 0.717) is 10.8 Å². The van der Waals surface area contributed by atoms with Crippen LogP contribution >= 0.6 is 0 Å². The van der Waals surface area contributed by atoms with Crippen molar-refractivity contribution in [2.24, 2.45) is 40.4 Å². The van der Waals surface area contributed by atoms with Crippen molar-refractivity contribution < 1.29 is 9.59 Å². The molecule has 1 heterocycles. The molecule has 9 atom stereocenters. The summed E-state index contributed by atoms with van der Waals surface area (Å²) < 4.78 is 0.